The predicted octanol–water partition coefficient (Wildman–Crippen LogP) is 1.43. The number of morpholine rings is 1. The molecule has 2 bridgehead atoms. The lowest BCUT2D eigenvalue weighted by Gasteiger charge is -2.48. The van der Waals surface area contributed by atoms with E-state index in [1.807, 2.05) is 36.9 Å². The molecule has 164 valence electrons. The average molecular weight is 424 g/mol. The molecule has 5 atom stereocenters. The molecule has 0 N–H and O–H groups in total. The number of ether oxygens (including phenoxy) is 1. The molecule has 1 amide bonds. The number of hydrogen-bond acceptors (Lipinski definition) is 6. The van der Waals surface area contributed by atoms with Crippen molar-refractivity contribution in [2.45, 2.75) is 51.0 Å². The Labute approximate surface area is 181 Å². The summed E-state index contributed by atoms with van der Waals surface area (Å²) in [7, 11) is 0. The maximum absolute atomic E-state index is 13.8. The van der Waals surface area contributed by atoms with Gasteiger partial charge in [-0.3, -0.25) is 19.1 Å². The quantitative estimate of drug-likeness (QED) is 0.743. The summed E-state index contributed by atoms with van der Waals surface area (Å²) < 4.78 is 7.61. The SMILES string of the molecule is C[C@@H]1CN(C(=O)[C@H]2[C@H]3C[C@H](CN(Cc4ncccn4)C3)c3cccc(=O)n32)C[C@H](C)O1. The number of nitrogens with zero attached hydrogens (tertiary/aromatic N) is 5. The summed E-state index contributed by atoms with van der Waals surface area (Å²) in [6, 6.07) is 6.74. The summed E-state index contributed by atoms with van der Waals surface area (Å²) in [5.74, 6) is 1.13. The number of pyridine rings is 1. The van der Waals surface area contributed by atoms with Crippen LogP contribution < -0.4 is 5.56 Å². The van der Waals surface area contributed by atoms with Crippen LogP contribution in [0.15, 0.2) is 41.5 Å². The third-order valence-electron chi connectivity index (χ3n) is 6.69. The maximum atomic E-state index is 13.8. The minimum atomic E-state index is -0.475. The van der Waals surface area contributed by atoms with Gasteiger partial charge in [0, 0.05) is 62.2 Å². The Bertz CT molecular complexity index is 1000. The van der Waals surface area contributed by atoms with Gasteiger partial charge in [0.1, 0.15) is 11.9 Å². The van der Waals surface area contributed by atoms with Crippen molar-refractivity contribution in [3.8, 4) is 0 Å². The minimum Gasteiger partial charge on any atom is -0.372 e. The Morgan fingerprint density at radius 2 is 1.81 bits per heavy atom. The first-order valence-electron chi connectivity index (χ1n) is 11.1. The second kappa shape index (κ2) is 8.16. The molecule has 8 nitrogen and oxygen atoms in total. The van der Waals surface area contributed by atoms with Crippen molar-refractivity contribution >= 4 is 5.91 Å². The molecule has 0 radical (unpaired) electrons. The van der Waals surface area contributed by atoms with Gasteiger partial charge < -0.3 is 9.64 Å². The number of piperidine rings is 1. The van der Waals surface area contributed by atoms with Crippen LogP contribution in [-0.4, -0.2) is 68.6 Å². The zero-order valence-corrected chi connectivity index (χ0v) is 18.1. The van der Waals surface area contributed by atoms with E-state index in [4.69, 9.17) is 4.74 Å². The van der Waals surface area contributed by atoms with Gasteiger partial charge in [-0.05, 0) is 32.4 Å². The van der Waals surface area contributed by atoms with E-state index in [2.05, 4.69) is 14.9 Å². The standard InChI is InChI=1S/C23H29N5O3/c1-15-10-27(11-16(2)31-15)23(30)22-18-9-17(19-5-3-6-21(29)28(19)22)12-26(13-18)14-20-24-7-4-8-25-20/h3-8,15-18,22H,9-14H2,1-2H3/t15-,16+,17-,18+,22-/m1/s1. The topological polar surface area (TPSA) is 80.6 Å². The highest BCUT2D eigenvalue weighted by Crippen LogP contribution is 2.42. The van der Waals surface area contributed by atoms with Gasteiger partial charge in [0.2, 0.25) is 5.91 Å². The lowest BCUT2D eigenvalue weighted by Crippen LogP contribution is -2.56. The van der Waals surface area contributed by atoms with Gasteiger partial charge in [-0.25, -0.2) is 9.97 Å². The largest absolute Gasteiger partial charge is 0.372 e. The molecule has 5 rings (SSSR count). The van der Waals surface area contributed by atoms with Crippen LogP contribution in [0.5, 0.6) is 0 Å². The van der Waals surface area contributed by atoms with E-state index < -0.39 is 6.04 Å². The van der Waals surface area contributed by atoms with Crippen molar-refractivity contribution in [1.82, 2.24) is 24.3 Å². The molecular weight excluding hydrogens is 394 g/mol. The molecule has 3 aliphatic rings. The molecule has 8 heteroatoms. The summed E-state index contributed by atoms with van der Waals surface area (Å²) in [4.78, 5) is 39.7. The third kappa shape index (κ3) is 3.90. The van der Waals surface area contributed by atoms with Crippen LogP contribution in [0.25, 0.3) is 0 Å². The monoisotopic (exact) mass is 423 g/mol. The van der Waals surface area contributed by atoms with E-state index in [0.29, 0.717) is 19.6 Å². The van der Waals surface area contributed by atoms with E-state index in [1.54, 1.807) is 23.0 Å². The normalized spacial score (nSPS) is 30.6. The lowest BCUT2D eigenvalue weighted by molar-refractivity contribution is -0.150. The summed E-state index contributed by atoms with van der Waals surface area (Å²) in [6.45, 7) is 7.36. The highest BCUT2D eigenvalue weighted by atomic mass is 16.5. The van der Waals surface area contributed by atoms with Gasteiger partial charge in [-0.15, -0.1) is 0 Å². The van der Waals surface area contributed by atoms with Crippen LogP contribution >= 0.6 is 0 Å². The number of carbonyl (C=O) groups excluding carboxylic acids is 1. The first-order valence-corrected chi connectivity index (χ1v) is 11.1. The molecule has 0 saturated carbocycles. The third-order valence-corrected chi connectivity index (χ3v) is 6.69. The lowest BCUT2D eigenvalue weighted by atomic mass is 9.78. The highest BCUT2D eigenvalue weighted by Gasteiger charge is 2.45. The molecule has 5 heterocycles. The Hall–Kier alpha value is -2.58. The van der Waals surface area contributed by atoms with Crippen LogP contribution in [0, 0.1) is 5.92 Å². The molecule has 2 saturated heterocycles. The zero-order chi connectivity index (χ0) is 21.5. The van der Waals surface area contributed by atoms with Crippen LogP contribution in [0.4, 0.5) is 0 Å². The van der Waals surface area contributed by atoms with E-state index in [0.717, 1.165) is 31.0 Å². The number of aromatic nitrogens is 3. The fourth-order valence-corrected chi connectivity index (χ4v) is 5.63. The second-order valence-corrected chi connectivity index (χ2v) is 9.16. The van der Waals surface area contributed by atoms with E-state index in [9.17, 15) is 9.59 Å². The van der Waals surface area contributed by atoms with Gasteiger partial charge >= 0.3 is 0 Å². The van der Waals surface area contributed by atoms with Crippen molar-refractivity contribution in [3.05, 3.63) is 58.5 Å². The molecule has 3 aliphatic heterocycles. The second-order valence-electron chi connectivity index (χ2n) is 9.16. The van der Waals surface area contributed by atoms with Crippen molar-refractivity contribution in [3.63, 3.8) is 0 Å². The zero-order valence-electron chi connectivity index (χ0n) is 18.1. The number of carbonyl (C=O) groups is 1. The molecular formula is C23H29N5O3. The van der Waals surface area contributed by atoms with Gasteiger partial charge in [-0.2, -0.15) is 0 Å². The van der Waals surface area contributed by atoms with E-state index >= 15 is 0 Å². The molecule has 2 aromatic rings. The van der Waals surface area contributed by atoms with Crippen molar-refractivity contribution in [2.24, 2.45) is 5.92 Å². The molecule has 2 aromatic heterocycles. The van der Waals surface area contributed by atoms with Gasteiger partial charge in [0.15, 0.2) is 0 Å². The highest BCUT2D eigenvalue weighted by molar-refractivity contribution is 5.81. The molecule has 0 aliphatic carbocycles. The summed E-state index contributed by atoms with van der Waals surface area (Å²) in [5, 5.41) is 0. The van der Waals surface area contributed by atoms with Crippen LogP contribution in [0.2, 0.25) is 0 Å². The van der Waals surface area contributed by atoms with Gasteiger partial charge in [-0.1, -0.05) is 6.07 Å². The fourth-order valence-electron chi connectivity index (χ4n) is 5.63. The maximum Gasteiger partial charge on any atom is 0.251 e. The molecule has 31 heavy (non-hydrogen) atoms. The van der Waals surface area contributed by atoms with Crippen molar-refractivity contribution in [2.75, 3.05) is 26.2 Å². The Morgan fingerprint density at radius 3 is 2.55 bits per heavy atom. The fraction of sp³-hybridized carbons (Fsp3) is 0.565. The molecule has 0 unspecified atom stereocenters. The van der Waals surface area contributed by atoms with Crippen molar-refractivity contribution in [1.29, 1.82) is 0 Å². The minimum absolute atomic E-state index is 0.00547. The number of amides is 1. The Kier molecular flexibility index (Phi) is 5.35. The average Bonchev–Trinajstić information content (AvgIpc) is 2.74. The first-order chi connectivity index (χ1) is 15.0. The number of likely N-dealkylation sites (tertiary alicyclic amines) is 1. The molecule has 0 spiro atoms. The van der Waals surface area contributed by atoms with Crippen molar-refractivity contribution < 1.29 is 9.53 Å². The molecule has 0 aromatic carbocycles. The van der Waals surface area contributed by atoms with Crippen LogP contribution in [0.3, 0.4) is 0 Å². The van der Waals surface area contributed by atoms with Gasteiger partial charge in [0.05, 0.1) is 18.8 Å². The summed E-state index contributed by atoms with van der Waals surface area (Å²) in [6.07, 6.45) is 4.43. The number of rotatable bonds is 3. The van der Waals surface area contributed by atoms with E-state index in [-0.39, 0.29) is 35.5 Å². The summed E-state index contributed by atoms with van der Waals surface area (Å²) >= 11 is 0. The van der Waals surface area contributed by atoms with Gasteiger partial charge in [0.25, 0.3) is 5.56 Å². The smallest absolute Gasteiger partial charge is 0.251 e. The Balaban J connectivity index is 1.48. The van der Waals surface area contributed by atoms with E-state index in [1.165, 1.54) is 0 Å². The predicted molar refractivity (Wildman–Crippen MR) is 114 cm³/mol. The number of hydrogen-bond donors (Lipinski definition) is 0. The summed E-state index contributed by atoms with van der Waals surface area (Å²) in [5.41, 5.74) is 0.884. The Morgan fingerprint density at radius 1 is 1.06 bits per heavy atom. The van der Waals surface area contributed by atoms with Crippen LogP contribution in [0.1, 0.15) is 43.7 Å². The molecule has 2 fully saturated rings. The number of fused-ring (bicyclic) bond motifs is 4. The van der Waals surface area contributed by atoms with Crippen LogP contribution in [-0.2, 0) is 16.1 Å². The first kappa shape index (κ1) is 20.3.